The van der Waals surface area contributed by atoms with Crippen LogP contribution in [-0.4, -0.2) is 18.0 Å². The monoisotopic (exact) mass is 245 g/mol. The van der Waals surface area contributed by atoms with E-state index in [0.717, 1.165) is 0 Å². The van der Waals surface area contributed by atoms with Gasteiger partial charge in [0.2, 0.25) is 0 Å². The predicted octanol–water partition coefficient (Wildman–Crippen LogP) is 3.28. The first kappa shape index (κ1) is 8.73. The molecular weight excluding hydrogens is 234 g/mol. The van der Waals surface area contributed by atoms with Crippen LogP contribution in [0.3, 0.4) is 0 Å². The van der Waals surface area contributed by atoms with Gasteiger partial charge in [-0.05, 0) is 53.8 Å². The van der Waals surface area contributed by atoms with E-state index in [1.54, 1.807) is 0 Å². The van der Waals surface area contributed by atoms with Crippen molar-refractivity contribution in [3.05, 3.63) is 20.8 Å². The van der Waals surface area contributed by atoms with Gasteiger partial charge in [0.05, 0.1) is 0 Å². The summed E-state index contributed by atoms with van der Waals surface area (Å²) in [6.07, 6.45) is 1.37. The van der Waals surface area contributed by atoms with E-state index in [9.17, 15) is 0 Å². The maximum Gasteiger partial charge on any atom is 0.0424 e. The van der Waals surface area contributed by atoms with Crippen molar-refractivity contribution in [1.82, 2.24) is 4.90 Å². The lowest BCUT2D eigenvalue weighted by molar-refractivity contribution is 0.130. The van der Waals surface area contributed by atoms with E-state index in [4.69, 9.17) is 0 Å². The Morgan fingerprint density at radius 2 is 2.33 bits per heavy atom. The van der Waals surface area contributed by atoms with Gasteiger partial charge in [0, 0.05) is 15.4 Å². The van der Waals surface area contributed by atoms with Crippen LogP contribution in [0.1, 0.15) is 24.3 Å². The zero-order chi connectivity index (χ0) is 8.55. The second-order valence-corrected chi connectivity index (χ2v) is 5.00. The minimum Gasteiger partial charge on any atom is -0.296 e. The van der Waals surface area contributed by atoms with Crippen LogP contribution in [0.25, 0.3) is 0 Å². The molecule has 1 aromatic rings. The molecule has 1 atom stereocenters. The van der Waals surface area contributed by atoms with Crippen molar-refractivity contribution in [3.63, 3.8) is 0 Å². The fourth-order valence-corrected chi connectivity index (χ4v) is 3.29. The molecular formula is C9H12BrNS. The van der Waals surface area contributed by atoms with E-state index in [-0.39, 0.29) is 0 Å². The Kier molecular flexibility index (Phi) is 2.53. The minimum absolute atomic E-state index is 0.605. The third-order valence-corrected chi connectivity index (χ3v) is 4.50. The molecule has 2 rings (SSSR count). The van der Waals surface area contributed by atoms with Crippen LogP contribution >= 0.6 is 27.3 Å². The molecule has 1 nitrogen and oxygen atoms in total. The van der Waals surface area contributed by atoms with Crippen molar-refractivity contribution in [3.8, 4) is 0 Å². The Hall–Kier alpha value is 0.140. The largest absolute Gasteiger partial charge is 0.296 e. The van der Waals surface area contributed by atoms with E-state index in [1.807, 2.05) is 11.3 Å². The second kappa shape index (κ2) is 3.48. The average Bonchev–Trinajstić information content (AvgIpc) is 2.31. The topological polar surface area (TPSA) is 3.24 Å². The molecule has 0 saturated carbocycles. The molecule has 0 radical (unpaired) electrons. The standard InChI is InChI=1S/C9H12BrNS/c1-7(11-4-2-5-11)9-8(10)3-6-12-9/h3,6-7H,2,4-5H2,1H3. The first-order chi connectivity index (χ1) is 5.79. The Morgan fingerprint density at radius 3 is 2.75 bits per heavy atom. The van der Waals surface area contributed by atoms with Gasteiger partial charge in [-0.2, -0.15) is 0 Å². The van der Waals surface area contributed by atoms with E-state index in [0.29, 0.717) is 6.04 Å². The van der Waals surface area contributed by atoms with Crippen molar-refractivity contribution in [2.45, 2.75) is 19.4 Å². The Balaban J connectivity index is 2.13. The molecule has 12 heavy (non-hydrogen) atoms. The van der Waals surface area contributed by atoms with Crippen molar-refractivity contribution >= 4 is 27.3 Å². The average molecular weight is 246 g/mol. The van der Waals surface area contributed by atoms with Crippen LogP contribution < -0.4 is 0 Å². The number of halogens is 1. The predicted molar refractivity (Wildman–Crippen MR) is 56.6 cm³/mol. The summed E-state index contributed by atoms with van der Waals surface area (Å²) in [5, 5.41) is 2.15. The van der Waals surface area contributed by atoms with Gasteiger partial charge >= 0.3 is 0 Å². The highest BCUT2D eigenvalue weighted by atomic mass is 79.9. The molecule has 66 valence electrons. The van der Waals surface area contributed by atoms with E-state index >= 15 is 0 Å². The van der Waals surface area contributed by atoms with Crippen LogP contribution in [0.2, 0.25) is 0 Å². The maximum absolute atomic E-state index is 3.57. The third-order valence-electron chi connectivity index (χ3n) is 2.46. The molecule has 0 aromatic carbocycles. The lowest BCUT2D eigenvalue weighted by Crippen LogP contribution is -2.38. The van der Waals surface area contributed by atoms with Gasteiger partial charge in [-0.15, -0.1) is 11.3 Å². The van der Waals surface area contributed by atoms with Crippen molar-refractivity contribution in [1.29, 1.82) is 0 Å². The minimum atomic E-state index is 0.605. The summed E-state index contributed by atoms with van der Waals surface area (Å²) in [7, 11) is 0. The van der Waals surface area contributed by atoms with Crippen LogP contribution in [-0.2, 0) is 0 Å². The fourth-order valence-electron chi connectivity index (χ4n) is 1.50. The molecule has 0 spiro atoms. The highest BCUT2D eigenvalue weighted by Crippen LogP contribution is 2.34. The van der Waals surface area contributed by atoms with Gasteiger partial charge in [0.1, 0.15) is 0 Å². The number of rotatable bonds is 2. The SMILES string of the molecule is CC(c1sccc1Br)N1CCC1. The molecule has 0 bridgehead atoms. The number of thiophene rings is 1. The van der Waals surface area contributed by atoms with Crippen LogP contribution in [0.5, 0.6) is 0 Å². The summed E-state index contributed by atoms with van der Waals surface area (Å²) in [5.74, 6) is 0. The zero-order valence-corrected chi connectivity index (χ0v) is 9.49. The van der Waals surface area contributed by atoms with Crippen molar-refractivity contribution in [2.24, 2.45) is 0 Å². The summed E-state index contributed by atoms with van der Waals surface area (Å²) in [4.78, 5) is 3.98. The Bertz CT molecular complexity index is 267. The lowest BCUT2D eigenvalue weighted by Gasteiger charge is -2.36. The van der Waals surface area contributed by atoms with E-state index in [2.05, 4.69) is 39.2 Å². The van der Waals surface area contributed by atoms with Crippen molar-refractivity contribution in [2.75, 3.05) is 13.1 Å². The molecule has 2 heterocycles. The molecule has 1 saturated heterocycles. The quantitative estimate of drug-likeness (QED) is 0.774. The van der Waals surface area contributed by atoms with E-state index in [1.165, 1.54) is 28.9 Å². The molecule has 0 N–H and O–H groups in total. The summed E-state index contributed by atoms with van der Waals surface area (Å²) in [6, 6.07) is 2.74. The Labute approximate surface area is 85.5 Å². The molecule has 1 fully saturated rings. The lowest BCUT2D eigenvalue weighted by atomic mass is 10.1. The molecule has 0 aliphatic carbocycles. The molecule has 3 heteroatoms. The first-order valence-corrected chi connectivity index (χ1v) is 5.93. The molecule has 1 aliphatic heterocycles. The second-order valence-electron chi connectivity index (χ2n) is 3.20. The van der Waals surface area contributed by atoms with Crippen LogP contribution in [0.15, 0.2) is 15.9 Å². The summed E-state index contributed by atoms with van der Waals surface area (Å²) in [5.41, 5.74) is 0. The normalized spacial score (nSPS) is 20.5. The molecule has 1 aliphatic rings. The van der Waals surface area contributed by atoms with Gasteiger partial charge in [-0.25, -0.2) is 0 Å². The van der Waals surface area contributed by atoms with Crippen LogP contribution in [0, 0.1) is 0 Å². The Morgan fingerprint density at radius 1 is 1.58 bits per heavy atom. The maximum atomic E-state index is 3.57. The third kappa shape index (κ3) is 1.45. The smallest absolute Gasteiger partial charge is 0.0424 e. The molecule has 0 amide bonds. The highest BCUT2D eigenvalue weighted by molar-refractivity contribution is 9.10. The van der Waals surface area contributed by atoms with Gasteiger partial charge < -0.3 is 0 Å². The fraction of sp³-hybridized carbons (Fsp3) is 0.556. The van der Waals surface area contributed by atoms with E-state index < -0.39 is 0 Å². The first-order valence-electron chi connectivity index (χ1n) is 4.26. The van der Waals surface area contributed by atoms with Crippen molar-refractivity contribution < 1.29 is 0 Å². The van der Waals surface area contributed by atoms with Gasteiger partial charge in [-0.1, -0.05) is 0 Å². The number of hydrogen-bond donors (Lipinski definition) is 0. The summed E-state index contributed by atoms with van der Waals surface area (Å²) >= 11 is 5.42. The number of nitrogens with zero attached hydrogens (tertiary/aromatic N) is 1. The zero-order valence-electron chi connectivity index (χ0n) is 7.09. The number of hydrogen-bond acceptors (Lipinski definition) is 2. The van der Waals surface area contributed by atoms with Gasteiger partial charge in [-0.3, -0.25) is 4.90 Å². The summed E-state index contributed by atoms with van der Waals surface area (Å²) in [6.45, 7) is 4.83. The van der Waals surface area contributed by atoms with Gasteiger partial charge in [0.15, 0.2) is 0 Å². The molecule has 1 unspecified atom stereocenters. The molecule has 1 aromatic heterocycles. The van der Waals surface area contributed by atoms with Gasteiger partial charge in [0.25, 0.3) is 0 Å². The summed E-state index contributed by atoms with van der Waals surface area (Å²) < 4.78 is 1.27. The highest BCUT2D eigenvalue weighted by Gasteiger charge is 2.23. The van der Waals surface area contributed by atoms with Crippen LogP contribution in [0.4, 0.5) is 0 Å². The number of likely N-dealkylation sites (tertiary alicyclic amines) is 1.